The summed E-state index contributed by atoms with van der Waals surface area (Å²) in [6.45, 7) is 2.32. The zero-order chi connectivity index (χ0) is 35.8. The highest BCUT2D eigenvalue weighted by molar-refractivity contribution is 7.86. The van der Waals surface area contributed by atoms with Gasteiger partial charge < -0.3 is 38.5 Å². The van der Waals surface area contributed by atoms with E-state index >= 15 is 0 Å². The molecule has 0 bridgehead atoms. The Morgan fingerprint density at radius 3 is 1.98 bits per heavy atom. The summed E-state index contributed by atoms with van der Waals surface area (Å²) in [5, 5.41) is 22.4. The van der Waals surface area contributed by atoms with Gasteiger partial charge >= 0.3 is 29.8 Å². The van der Waals surface area contributed by atoms with Crippen molar-refractivity contribution in [2.45, 2.75) is 75.9 Å². The van der Waals surface area contributed by atoms with Crippen molar-refractivity contribution in [1.82, 2.24) is 9.55 Å². The molecule has 0 N–H and O–H groups in total. The third-order valence-electron chi connectivity index (χ3n) is 6.22. The van der Waals surface area contributed by atoms with E-state index in [0.717, 1.165) is 62.7 Å². The molecule has 1 unspecified atom stereocenters. The number of imidazole rings is 1. The summed E-state index contributed by atoms with van der Waals surface area (Å²) in [7, 11) is -4.65. The number of esters is 4. The number of aromatic nitrogens is 2. The maximum Gasteiger partial charge on any atom is 0.434 e. The Labute approximate surface area is 271 Å². The Balaban J connectivity index is 1.91. The van der Waals surface area contributed by atoms with E-state index in [-0.39, 0.29) is 0 Å². The highest BCUT2D eigenvalue weighted by Gasteiger charge is 2.53. The molecule has 1 aromatic carbocycles. The normalized spacial score (nSPS) is 21.4. The van der Waals surface area contributed by atoms with Crippen LogP contribution in [0.4, 0.5) is 11.6 Å². The van der Waals surface area contributed by atoms with E-state index in [1.807, 2.05) is 0 Å². The number of ether oxygens (including phenoxy) is 6. The van der Waals surface area contributed by atoms with Gasteiger partial charge in [-0.25, -0.2) is 4.57 Å². The quantitative estimate of drug-likeness (QED) is 0.0806. The molecule has 1 aliphatic heterocycles. The second-order valence-electron chi connectivity index (χ2n) is 9.97. The number of hydrogen-bond donors (Lipinski definition) is 0. The number of nitro groups is 2. The first kappa shape index (κ1) is 37.4. The monoisotopic (exact) mass is 702 g/mol. The van der Waals surface area contributed by atoms with E-state index in [4.69, 9.17) is 32.6 Å². The standard InChI is InChI=1S/C26H30N4O17S/c1-14(31)42-22-21(46-25(45-17(4)34)24(44-16(3)33)23(22)43-15(2)32)13-41-12-19(11-28-10-9-27-26(28)30(37)38)47-48(39,40)20-7-5-18(6-8-20)29(35)36/h5-10,19,21-25H,11-13H2,1-4H3/t19?,21-,22-,23+,24-,25+/m1/s1. The highest BCUT2D eigenvalue weighted by atomic mass is 32.2. The molecule has 2 aromatic rings. The van der Waals surface area contributed by atoms with Crippen molar-refractivity contribution in [1.29, 1.82) is 0 Å². The summed E-state index contributed by atoms with van der Waals surface area (Å²) in [6, 6.07) is 3.71. The van der Waals surface area contributed by atoms with Crippen LogP contribution >= 0.6 is 0 Å². The SMILES string of the molecule is CC(=O)O[C@H]1O[C@H](COCC(Cn2ccnc2[N+](=O)[O-])OS(=O)(=O)c2ccc([N+](=O)[O-])cc2)[C@@H](OC(C)=O)[C@H](OC(C)=O)[C@H]1OC(C)=O. The average Bonchev–Trinajstić information content (AvgIpc) is 3.44. The molecular weight excluding hydrogens is 672 g/mol. The topological polar surface area (TPSA) is 271 Å². The van der Waals surface area contributed by atoms with Gasteiger partial charge in [-0.05, 0) is 17.1 Å². The molecule has 1 saturated heterocycles. The van der Waals surface area contributed by atoms with Crippen LogP contribution in [-0.2, 0) is 68.4 Å². The number of rotatable bonds is 15. The van der Waals surface area contributed by atoms with Gasteiger partial charge in [0.1, 0.15) is 31.1 Å². The number of nitro benzene ring substituents is 1. The van der Waals surface area contributed by atoms with Crippen molar-refractivity contribution >= 4 is 45.6 Å². The number of non-ortho nitro benzene ring substituents is 1. The van der Waals surface area contributed by atoms with Crippen LogP contribution in [0.3, 0.4) is 0 Å². The number of benzene rings is 1. The Hall–Kier alpha value is -5.06. The van der Waals surface area contributed by atoms with Crippen molar-refractivity contribution in [3.05, 3.63) is 56.9 Å². The lowest BCUT2D eigenvalue weighted by Gasteiger charge is -2.43. The lowest BCUT2D eigenvalue weighted by molar-refractivity contribution is -0.397. The summed E-state index contributed by atoms with van der Waals surface area (Å²) in [5.74, 6) is -4.23. The third-order valence-corrected chi connectivity index (χ3v) is 7.60. The minimum atomic E-state index is -4.65. The minimum Gasteiger partial charge on any atom is -0.456 e. The smallest absolute Gasteiger partial charge is 0.434 e. The molecule has 0 radical (unpaired) electrons. The van der Waals surface area contributed by atoms with E-state index in [1.54, 1.807) is 0 Å². The lowest BCUT2D eigenvalue weighted by Crippen LogP contribution is -2.63. The Morgan fingerprint density at radius 1 is 0.875 bits per heavy atom. The number of carbonyl (C=O) groups excluding carboxylic acids is 4. The van der Waals surface area contributed by atoms with Gasteiger partial charge in [0.25, 0.3) is 15.8 Å². The van der Waals surface area contributed by atoms with Crippen LogP contribution in [-0.4, -0.2) is 102 Å². The second-order valence-corrected chi connectivity index (χ2v) is 11.5. The predicted octanol–water partition coefficient (Wildman–Crippen LogP) is 0.573. The Bertz CT molecular complexity index is 1630. The Kier molecular flexibility index (Phi) is 12.6. The second kappa shape index (κ2) is 16.2. The van der Waals surface area contributed by atoms with Crippen molar-refractivity contribution in [3.8, 4) is 0 Å². The van der Waals surface area contributed by atoms with Crippen LogP contribution < -0.4 is 0 Å². The predicted molar refractivity (Wildman–Crippen MR) is 152 cm³/mol. The fourth-order valence-corrected chi connectivity index (χ4v) is 5.53. The molecule has 1 aliphatic rings. The summed E-state index contributed by atoms with van der Waals surface area (Å²) in [6.07, 6.45) is -7.06. The fourth-order valence-electron chi connectivity index (χ4n) is 4.48. The summed E-state index contributed by atoms with van der Waals surface area (Å²) in [5.41, 5.74) is -0.396. The first-order valence-electron chi connectivity index (χ1n) is 13.7. The zero-order valence-corrected chi connectivity index (χ0v) is 26.5. The van der Waals surface area contributed by atoms with Crippen molar-refractivity contribution in [3.63, 3.8) is 0 Å². The first-order valence-corrected chi connectivity index (χ1v) is 15.1. The molecule has 2 heterocycles. The van der Waals surface area contributed by atoms with Crippen molar-refractivity contribution in [2.24, 2.45) is 0 Å². The van der Waals surface area contributed by atoms with Gasteiger partial charge in [0.05, 0.1) is 23.0 Å². The molecule has 1 aromatic heterocycles. The van der Waals surface area contributed by atoms with Crippen molar-refractivity contribution < 1.29 is 70.0 Å². The molecule has 0 amide bonds. The summed E-state index contributed by atoms with van der Waals surface area (Å²) < 4.78 is 64.8. The van der Waals surface area contributed by atoms with Crippen LogP contribution in [0.15, 0.2) is 41.6 Å². The van der Waals surface area contributed by atoms with Gasteiger partial charge in [0, 0.05) is 39.8 Å². The Morgan fingerprint density at radius 2 is 1.44 bits per heavy atom. The molecule has 0 spiro atoms. The average molecular weight is 703 g/mol. The molecule has 1 fully saturated rings. The fraction of sp³-hybridized carbons (Fsp3) is 0.500. The number of carbonyl (C=O) groups is 4. The molecule has 3 rings (SSSR count). The third kappa shape index (κ3) is 10.2. The minimum absolute atomic E-state index is 0.396. The van der Waals surface area contributed by atoms with Gasteiger partial charge in [-0.1, -0.05) is 4.98 Å². The van der Waals surface area contributed by atoms with E-state index in [0.29, 0.717) is 0 Å². The zero-order valence-electron chi connectivity index (χ0n) is 25.7. The van der Waals surface area contributed by atoms with E-state index < -0.39 is 117 Å². The van der Waals surface area contributed by atoms with Gasteiger partial charge in [-0.15, -0.1) is 0 Å². The lowest BCUT2D eigenvalue weighted by atomic mass is 9.98. The van der Waals surface area contributed by atoms with Gasteiger partial charge in [-0.2, -0.15) is 8.42 Å². The summed E-state index contributed by atoms with van der Waals surface area (Å²) in [4.78, 5) is 71.7. The molecule has 6 atom stereocenters. The van der Waals surface area contributed by atoms with Crippen LogP contribution in [0.2, 0.25) is 0 Å². The molecule has 22 heteroatoms. The van der Waals surface area contributed by atoms with E-state index in [1.165, 1.54) is 6.20 Å². The molecular formula is C26H30N4O17S. The highest BCUT2D eigenvalue weighted by Crippen LogP contribution is 2.30. The van der Waals surface area contributed by atoms with Crippen molar-refractivity contribution in [2.75, 3.05) is 13.2 Å². The van der Waals surface area contributed by atoms with Crippen LogP contribution in [0.1, 0.15) is 27.7 Å². The van der Waals surface area contributed by atoms with Gasteiger partial charge in [0.15, 0.2) is 12.2 Å². The summed E-state index contributed by atoms with van der Waals surface area (Å²) >= 11 is 0. The molecule has 262 valence electrons. The maximum absolute atomic E-state index is 13.1. The maximum atomic E-state index is 13.1. The molecule has 48 heavy (non-hydrogen) atoms. The van der Waals surface area contributed by atoms with Gasteiger partial charge in [0.2, 0.25) is 12.4 Å². The van der Waals surface area contributed by atoms with Crippen LogP contribution in [0.25, 0.3) is 0 Å². The van der Waals surface area contributed by atoms with Crippen LogP contribution in [0.5, 0.6) is 0 Å². The van der Waals surface area contributed by atoms with E-state index in [2.05, 4.69) is 4.98 Å². The number of nitrogens with zero attached hydrogens (tertiary/aromatic N) is 4. The first-order chi connectivity index (χ1) is 22.5. The van der Waals surface area contributed by atoms with Gasteiger partial charge in [-0.3, -0.25) is 33.5 Å². The van der Waals surface area contributed by atoms with E-state index in [9.17, 15) is 47.8 Å². The molecule has 0 aliphatic carbocycles. The molecule has 21 nitrogen and oxygen atoms in total. The largest absolute Gasteiger partial charge is 0.456 e. The van der Waals surface area contributed by atoms with Crippen LogP contribution in [0, 0.1) is 20.2 Å². The number of hydrogen-bond acceptors (Lipinski definition) is 18. The molecule has 0 saturated carbocycles.